The first kappa shape index (κ1) is 16.0. The van der Waals surface area contributed by atoms with Crippen molar-refractivity contribution in [1.29, 1.82) is 0 Å². The van der Waals surface area contributed by atoms with Crippen LogP contribution in [0.1, 0.15) is 43.6 Å². The molecule has 0 heterocycles. The van der Waals surface area contributed by atoms with Gasteiger partial charge in [-0.1, -0.05) is 30.9 Å². The molecule has 0 atom stereocenters. The minimum atomic E-state index is -4.02. The molecule has 0 radical (unpaired) electrons. The Bertz CT molecular complexity index is 520. The zero-order valence-electron chi connectivity index (χ0n) is 11.4. The predicted octanol–water partition coefficient (Wildman–Crippen LogP) is 3.35. The fraction of sp³-hybridized carbons (Fsp3) is 0.500. The van der Waals surface area contributed by atoms with Crippen LogP contribution in [0.15, 0.2) is 18.2 Å². The third-order valence-electron chi connectivity index (χ3n) is 3.65. The van der Waals surface area contributed by atoms with Gasteiger partial charge >= 0.3 is 12.0 Å². The molecule has 21 heavy (non-hydrogen) atoms. The van der Waals surface area contributed by atoms with Gasteiger partial charge in [0.1, 0.15) is 5.75 Å². The molecule has 2 rings (SSSR count). The molecular weight excluding hydrogens is 302 g/mol. The molecular formula is C14H17ClF2N2O2. The van der Waals surface area contributed by atoms with Crippen LogP contribution in [0, 0.1) is 0 Å². The van der Waals surface area contributed by atoms with Crippen LogP contribution < -0.4 is 16.0 Å². The number of amides is 1. The van der Waals surface area contributed by atoms with Gasteiger partial charge in [0.15, 0.2) is 0 Å². The third kappa shape index (κ3) is 3.83. The second-order valence-corrected chi connectivity index (χ2v) is 5.55. The largest absolute Gasteiger partial charge is 0.483 e. The maximum atomic E-state index is 13.6. The average Bonchev–Trinajstić information content (AvgIpc) is 2.49. The van der Waals surface area contributed by atoms with Gasteiger partial charge in [0.25, 0.3) is 0 Å². The molecule has 7 heteroatoms. The van der Waals surface area contributed by atoms with Gasteiger partial charge in [0.2, 0.25) is 0 Å². The lowest BCUT2D eigenvalue weighted by molar-refractivity contribution is -0.193. The van der Waals surface area contributed by atoms with Crippen molar-refractivity contribution in [2.75, 3.05) is 0 Å². The number of carbonyl (C=O) groups is 1. The fourth-order valence-corrected chi connectivity index (χ4v) is 2.79. The highest BCUT2D eigenvalue weighted by atomic mass is 35.5. The zero-order valence-corrected chi connectivity index (χ0v) is 12.1. The van der Waals surface area contributed by atoms with Crippen molar-refractivity contribution in [2.24, 2.45) is 5.84 Å². The molecule has 116 valence electrons. The Hall–Kier alpha value is -1.40. The Labute approximate surface area is 126 Å². The molecule has 0 unspecified atom stereocenters. The smallest absolute Gasteiger partial charge is 0.425 e. The molecule has 1 amide bonds. The van der Waals surface area contributed by atoms with Crippen LogP contribution in [-0.4, -0.2) is 12.0 Å². The quantitative estimate of drug-likeness (QED) is 0.508. The van der Waals surface area contributed by atoms with E-state index in [1.807, 2.05) is 0 Å². The topological polar surface area (TPSA) is 64.3 Å². The number of benzene rings is 1. The van der Waals surface area contributed by atoms with E-state index in [1.165, 1.54) is 17.6 Å². The lowest BCUT2D eigenvalue weighted by Gasteiger charge is -2.25. The fourth-order valence-electron chi connectivity index (χ4n) is 2.61. The Kier molecular flexibility index (Phi) is 5.00. The number of hydrazine groups is 1. The summed E-state index contributed by atoms with van der Waals surface area (Å²) in [6.45, 7) is 0. The molecule has 3 N–H and O–H groups in total. The van der Waals surface area contributed by atoms with Crippen molar-refractivity contribution in [1.82, 2.24) is 5.43 Å². The molecule has 4 nitrogen and oxygen atoms in total. The van der Waals surface area contributed by atoms with Crippen molar-refractivity contribution in [3.05, 3.63) is 28.8 Å². The van der Waals surface area contributed by atoms with Gasteiger partial charge in [-0.25, -0.2) is 5.84 Å². The summed E-state index contributed by atoms with van der Waals surface area (Å²) in [6.07, 6.45) is 0.980. The van der Waals surface area contributed by atoms with Gasteiger partial charge < -0.3 is 4.74 Å². The molecule has 1 aromatic carbocycles. The van der Waals surface area contributed by atoms with Crippen molar-refractivity contribution in [3.63, 3.8) is 0 Å². The van der Waals surface area contributed by atoms with E-state index in [0.29, 0.717) is 10.6 Å². The van der Waals surface area contributed by atoms with Crippen molar-refractivity contribution in [2.45, 2.75) is 44.1 Å². The van der Waals surface area contributed by atoms with E-state index in [1.54, 1.807) is 6.07 Å². The number of ether oxygens (including phenoxy) is 1. The standard InChI is InChI=1S/C14H17ClF2N2O2/c15-10-6-7-12(21-14(16,17)13(20)19-18)11(8-10)9-4-2-1-3-5-9/h6-9H,1-5,18H2,(H,19,20). The van der Waals surface area contributed by atoms with Crippen LogP contribution in [0.2, 0.25) is 5.02 Å². The Morgan fingerprint density at radius 2 is 2.00 bits per heavy atom. The molecule has 0 spiro atoms. The van der Waals surface area contributed by atoms with E-state index in [2.05, 4.69) is 4.74 Å². The maximum Gasteiger partial charge on any atom is 0.483 e. The number of halogens is 3. The van der Waals surface area contributed by atoms with Crippen molar-refractivity contribution >= 4 is 17.5 Å². The molecule has 1 aliphatic carbocycles. The summed E-state index contributed by atoms with van der Waals surface area (Å²) in [5.41, 5.74) is 2.01. The van der Waals surface area contributed by atoms with E-state index in [4.69, 9.17) is 17.4 Å². The molecule has 0 aromatic heterocycles. The monoisotopic (exact) mass is 318 g/mol. The van der Waals surface area contributed by atoms with E-state index in [0.717, 1.165) is 32.1 Å². The van der Waals surface area contributed by atoms with Crippen LogP contribution in [0.4, 0.5) is 8.78 Å². The normalized spacial score (nSPS) is 16.6. The van der Waals surface area contributed by atoms with Crippen LogP contribution >= 0.6 is 11.6 Å². The summed E-state index contributed by atoms with van der Waals surface area (Å²) < 4.78 is 31.8. The number of nitrogens with one attached hydrogen (secondary N) is 1. The van der Waals surface area contributed by atoms with Crippen LogP contribution in [0.3, 0.4) is 0 Å². The van der Waals surface area contributed by atoms with E-state index < -0.39 is 12.0 Å². The highest BCUT2D eigenvalue weighted by molar-refractivity contribution is 6.30. The summed E-state index contributed by atoms with van der Waals surface area (Å²) in [6, 6.07) is 4.45. The summed E-state index contributed by atoms with van der Waals surface area (Å²) in [5, 5.41) is 0.453. The zero-order chi connectivity index (χ0) is 15.5. The highest BCUT2D eigenvalue weighted by Gasteiger charge is 2.42. The molecule has 1 aromatic rings. The van der Waals surface area contributed by atoms with Crippen molar-refractivity contribution < 1.29 is 18.3 Å². The van der Waals surface area contributed by atoms with Crippen molar-refractivity contribution in [3.8, 4) is 5.75 Å². The van der Waals surface area contributed by atoms with Crippen LogP contribution in [-0.2, 0) is 4.79 Å². The van der Waals surface area contributed by atoms with Gasteiger partial charge in [-0.3, -0.25) is 10.2 Å². The van der Waals surface area contributed by atoms with Gasteiger partial charge in [-0.2, -0.15) is 8.78 Å². The Morgan fingerprint density at radius 3 is 2.62 bits per heavy atom. The third-order valence-corrected chi connectivity index (χ3v) is 3.89. The van der Waals surface area contributed by atoms with Gasteiger partial charge in [0.05, 0.1) is 0 Å². The first-order valence-corrected chi connectivity index (χ1v) is 7.19. The van der Waals surface area contributed by atoms with Gasteiger partial charge in [0, 0.05) is 5.02 Å². The highest BCUT2D eigenvalue weighted by Crippen LogP contribution is 2.40. The summed E-state index contributed by atoms with van der Waals surface area (Å²) >= 11 is 5.95. The number of rotatable bonds is 4. The molecule has 0 aliphatic heterocycles. The number of alkyl halides is 2. The molecule has 1 fully saturated rings. The van der Waals surface area contributed by atoms with E-state index in [9.17, 15) is 13.6 Å². The number of nitrogens with two attached hydrogens (primary N) is 1. The SMILES string of the molecule is NNC(=O)C(F)(F)Oc1ccc(Cl)cc1C1CCCCC1. The average molecular weight is 319 g/mol. The summed E-state index contributed by atoms with van der Waals surface area (Å²) in [4.78, 5) is 11.1. The predicted molar refractivity (Wildman–Crippen MR) is 75.2 cm³/mol. The minimum absolute atomic E-state index is 0.0279. The molecule has 1 aliphatic rings. The van der Waals surface area contributed by atoms with Crippen LogP contribution in [0.5, 0.6) is 5.75 Å². The first-order chi connectivity index (χ1) is 9.94. The molecule has 1 saturated carbocycles. The lowest BCUT2D eigenvalue weighted by Crippen LogP contribution is -2.47. The van der Waals surface area contributed by atoms with Crippen LogP contribution in [0.25, 0.3) is 0 Å². The lowest BCUT2D eigenvalue weighted by atomic mass is 9.84. The molecule has 0 saturated heterocycles. The first-order valence-electron chi connectivity index (χ1n) is 6.81. The Morgan fingerprint density at radius 1 is 1.33 bits per heavy atom. The maximum absolute atomic E-state index is 13.6. The Balaban J connectivity index is 2.28. The second-order valence-electron chi connectivity index (χ2n) is 5.11. The summed E-state index contributed by atoms with van der Waals surface area (Å²) in [5.74, 6) is 3.14. The minimum Gasteiger partial charge on any atom is -0.425 e. The van der Waals surface area contributed by atoms with Gasteiger partial charge in [-0.15, -0.1) is 0 Å². The van der Waals surface area contributed by atoms with E-state index >= 15 is 0 Å². The van der Waals surface area contributed by atoms with Gasteiger partial charge in [-0.05, 0) is 42.5 Å². The number of hydrogen-bond acceptors (Lipinski definition) is 3. The number of carbonyl (C=O) groups excluding carboxylic acids is 1. The number of hydrogen-bond donors (Lipinski definition) is 2. The summed E-state index contributed by atoms with van der Waals surface area (Å²) in [7, 11) is 0. The van der Waals surface area contributed by atoms with E-state index in [-0.39, 0.29) is 11.7 Å². The second kappa shape index (κ2) is 6.58. The molecule has 0 bridgehead atoms.